The van der Waals surface area contributed by atoms with Crippen molar-refractivity contribution in [3.05, 3.63) is 23.8 Å². The van der Waals surface area contributed by atoms with Crippen LogP contribution >= 0.6 is 0 Å². The van der Waals surface area contributed by atoms with Gasteiger partial charge < -0.3 is 15.2 Å². The number of ketones is 1. The summed E-state index contributed by atoms with van der Waals surface area (Å²) in [6.07, 6.45) is 0. The van der Waals surface area contributed by atoms with Crippen LogP contribution in [0.4, 0.5) is 0 Å². The molecule has 1 aromatic rings. The first kappa shape index (κ1) is 11.5. The summed E-state index contributed by atoms with van der Waals surface area (Å²) in [6.45, 7) is 1.78. The maximum Gasteiger partial charge on any atom is 0.179 e. The van der Waals surface area contributed by atoms with E-state index in [1.165, 1.54) is 19.2 Å². The van der Waals surface area contributed by atoms with Gasteiger partial charge in [0.15, 0.2) is 17.3 Å². The number of aromatic hydroxyl groups is 1. The largest absolute Gasteiger partial charge is 0.504 e. The molecule has 1 aromatic carbocycles. The van der Waals surface area contributed by atoms with Crippen LogP contribution in [0.15, 0.2) is 18.2 Å². The summed E-state index contributed by atoms with van der Waals surface area (Å²) in [6, 6.07) is 4.31. The molecule has 0 heterocycles. The van der Waals surface area contributed by atoms with Crippen molar-refractivity contribution < 1.29 is 14.6 Å². The number of carbonyl (C=O) groups is 1. The summed E-state index contributed by atoms with van der Waals surface area (Å²) in [5.74, 6) is 0.311. The fraction of sp³-hybridized carbons (Fsp3) is 0.364. The molecule has 0 spiro atoms. The van der Waals surface area contributed by atoms with E-state index in [1.807, 2.05) is 0 Å². The van der Waals surface area contributed by atoms with E-state index in [1.54, 1.807) is 20.0 Å². The molecule has 4 heteroatoms. The lowest BCUT2D eigenvalue weighted by Crippen LogP contribution is -2.30. The Kier molecular flexibility index (Phi) is 3.68. The molecule has 0 saturated carbocycles. The Bertz CT molecular complexity index is 363. The van der Waals surface area contributed by atoms with Gasteiger partial charge in [0.2, 0.25) is 0 Å². The third kappa shape index (κ3) is 2.47. The van der Waals surface area contributed by atoms with Gasteiger partial charge in [0.1, 0.15) is 0 Å². The fourth-order valence-electron chi connectivity index (χ4n) is 1.21. The Labute approximate surface area is 88.9 Å². The number of hydrogen-bond acceptors (Lipinski definition) is 4. The van der Waals surface area contributed by atoms with Crippen molar-refractivity contribution in [2.24, 2.45) is 0 Å². The third-order valence-electron chi connectivity index (χ3n) is 2.29. The van der Waals surface area contributed by atoms with E-state index >= 15 is 0 Å². The third-order valence-corrected chi connectivity index (χ3v) is 2.29. The number of phenols is 1. The highest BCUT2D eigenvalue weighted by Crippen LogP contribution is 2.26. The number of nitrogens with one attached hydrogen (secondary N) is 1. The van der Waals surface area contributed by atoms with Gasteiger partial charge in [-0.1, -0.05) is 0 Å². The zero-order valence-electron chi connectivity index (χ0n) is 9.07. The van der Waals surface area contributed by atoms with E-state index < -0.39 is 0 Å². The standard InChI is InChI=1S/C11H15NO3/c1-7(12-2)11(14)8-4-5-9(13)10(6-8)15-3/h4-7,12-13H,1-3H3/t7-/m0/s1. The first-order valence-corrected chi connectivity index (χ1v) is 4.68. The van der Waals surface area contributed by atoms with Gasteiger partial charge in [-0.25, -0.2) is 0 Å². The molecule has 0 aliphatic heterocycles. The highest BCUT2D eigenvalue weighted by atomic mass is 16.5. The van der Waals surface area contributed by atoms with Crippen LogP contribution < -0.4 is 10.1 Å². The summed E-state index contributed by atoms with van der Waals surface area (Å²) in [5, 5.41) is 12.2. The van der Waals surface area contributed by atoms with E-state index in [0.717, 1.165) is 0 Å². The molecule has 0 radical (unpaired) electrons. The van der Waals surface area contributed by atoms with Gasteiger partial charge in [-0.05, 0) is 32.2 Å². The van der Waals surface area contributed by atoms with E-state index in [0.29, 0.717) is 11.3 Å². The molecule has 82 valence electrons. The molecule has 0 aromatic heterocycles. The van der Waals surface area contributed by atoms with Crippen LogP contribution in [-0.4, -0.2) is 31.1 Å². The summed E-state index contributed by atoms with van der Waals surface area (Å²) < 4.78 is 4.93. The molecule has 1 rings (SSSR count). The van der Waals surface area contributed by atoms with Crippen molar-refractivity contribution in [1.29, 1.82) is 0 Å². The normalized spacial score (nSPS) is 12.2. The number of hydrogen-bond donors (Lipinski definition) is 2. The van der Waals surface area contributed by atoms with Crippen LogP contribution in [0.25, 0.3) is 0 Å². The Balaban J connectivity index is 3.01. The smallest absolute Gasteiger partial charge is 0.179 e. The second-order valence-corrected chi connectivity index (χ2v) is 3.26. The molecule has 15 heavy (non-hydrogen) atoms. The lowest BCUT2D eigenvalue weighted by Gasteiger charge is -2.10. The fourth-order valence-corrected chi connectivity index (χ4v) is 1.21. The summed E-state index contributed by atoms with van der Waals surface area (Å²) >= 11 is 0. The van der Waals surface area contributed by atoms with Gasteiger partial charge >= 0.3 is 0 Å². The molecule has 1 atom stereocenters. The van der Waals surface area contributed by atoms with Crippen LogP contribution in [0.2, 0.25) is 0 Å². The van der Waals surface area contributed by atoms with Crippen molar-refractivity contribution in [3.63, 3.8) is 0 Å². The minimum absolute atomic E-state index is 0.0317. The lowest BCUT2D eigenvalue weighted by molar-refractivity contribution is 0.0954. The van der Waals surface area contributed by atoms with E-state index in [4.69, 9.17) is 4.74 Å². The Morgan fingerprint density at radius 3 is 2.73 bits per heavy atom. The highest BCUT2D eigenvalue weighted by Gasteiger charge is 2.14. The average molecular weight is 209 g/mol. The van der Waals surface area contributed by atoms with Crippen LogP contribution in [0.3, 0.4) is 0 Å². The summed E-state index contributed by atoms with van der Waals surface area (Å²) in [7, 11) is 3.17. The van der Waals surface area contributed by atoms with Crippen LogP contribution in [-0.2, 0) is 0 Å². The lowest BCUT2D eigenvalue weighted by atomic mass is 10.1. The second-order valence-electron chi connectivity index (χ2n) is 3.26. The molecule has 4 nitrogen and oxygen atoms in total. The van der Waals surface area contributed by atoms with Gasteiger partial charge in [-0.3, -0.25) is 4.79 Å². The Morgan fingerprint density at radius 1 is 1.53 bits per heavy atom. The first-order chi connectivity index (χ1) is 7.10. The van der Waals surface area contributed by atoms with Crippen molar-refractivity contribution in [1.82, 2.24) is 5.32 Å². The molecule has 0 fully saturated rings. The Morgan fingerprint density at radius 2 is 2.20 bits per heavy atom. The number of ether oxygens (including phenoxy) is 1. The van der Waals surface area contributed by atoms with Gasteiger partial charge in [0.05, 0.1) is 13.2 Å². The molecule has 0 bridgehead atoms. The Hall–Kier alpha value is -1.55. The van der Waals surface area contributed by atoms with Gasteiger partial charge in [0, 0.05) is 5.56 Å². The monoisotopic (exact) mass is 209 g/mol. The van der Waals surface area contributed by atoms with E-state index in [-0.39, 0.29) is 17.6 Å². The SMILES string of the molecule is CN[C@@H](C)C(=O)c1ccc(O)c(OC)c1. The molecular formula is C11H15NO3. The number of carbonyl (C=O) groups excluding carboxylic acids is 1. The maximum atomic E-state index is 11.8. The predicted molar refractivity (Wildman–Crippen MR) is 57.5 cm³/mol. The predicted octanol–water partition coefficient (Wildman–Crippen LogP) is 1.19. The number of phenolic OH excluding ortho intramolecular Hbond substituents is 1. The van der Waals surface area contributed by atoms with Crippen molar-refractivity contribution in [3.8, 4) is 11.5 Å². The van der Waals surface area contributed by atoms with E-state index in [2.05, 4.69) is 5.32 Å². The average Bonchev–Trinajstić information content (AvgIpc) is 2.27. The minimum atomic E-state index is -0.251. The summed E-state index contributed by atoms with van der Waals surface area (Å²) in [5.41, 5.74) is 0.520. The summed E-state index contributed by atoms with van der Waals surface area (Å²) in [4.78, 5) is 11.8. The van der Waals surface area contributed by atoms with Crippen molar-refractivity contribution in [2.45, 2.75) is 13.0 Å². The molecular weight excluding hydrogens is 194 g/mol. The van der Waals surface area contributed by atoms with E-state index in [9.17, 15) is 9.90 Å². The first-order valence-electron chi connectivity index (χ1n) is 4.68. The highest BCUT2D eigenvalue weighted by molar-refractivity contribution is 6.00. The maximum absolute atomic E-state index is 11.8. The van der Waals surface area contributed by atoms with Crippen molar-refractivity contribution in [2.75, 3.05) is 14.2 Å². The number of Topliss-reactive ketones (excluding diaryl/α,β-unsaturated/α-hetero) is 1. The number of benzene rings is 1. The molecule has 0 amide bonds. The molecule has 0 aliphatic rings. The van der Waals surface area contributed by atoms with Gasteiger partial charge in [0.25, 0.3) is 0 Å². The zero-order valence-corrected chi connectivity index (χ0v) is 9.07. The zero-order chi connectivity index (χ0) is 11.4. The molecule has 0 aliphatic carbocycles. The van der Waals surface area contributed by atoms with Crippen LogP contribution in [0.1, 0.15) is 17.3 Å². The van der Waals surface area contributed by atoms with Crippen LogP contribution in [0.5, 0.6) is 11.5 Å². The van der Waals surface area contributed by atoms with Gasteiger partial charge in [-0.15, -0.1) is 0 Å². The number of rotatable bonds is 4. The minimum Gasteiger partial charge on any atom is -0.504 e. The second kappa shape index (κ2) is 4.79. The molecule has 0 unspecified atom stereocenters. The van der Waals surface area contributed by atoms with Crippen LogP contribution in [0, 0.1) is 0 Å². The number of methoxy groups -OCH3 is 1. The van der Waals surface area contributed by atoms with Crippen molar-refractivity contribution >= 4 is 5.78 Å². The quantitative estimate of drug-likeness (QED) is 0.731. The molecule has 0 saturated heterocycles. The topological polar surface area (TPSA) is 58.6 Å². The molecule has 2 N–H and O–H groups in total. The van der Waals surface area contributed by atoms with Gasteiger partial charge in [-0.2, -0.15) is 0 Å². The number of likely N-dealkylation sites (N-methyl/N-ethyl adjacent to an activating group) is 1.